The number of para-hydroxylation sites is 1. The predicted molar refractivity (Wildman–Crippen MR) is 90.2 cm³/mol. The van der Waals surface area contributed by atoms with E-state index in [0.717, 1.165) is 23.0 Å². The molecule has 1 amide bonds. The van der Waals surface area contributed by atoms with Crippen molar-refractivity contribution in [3.05, 3.63) is 63.1 Å². The zero-order valence-electron chi connectivity index (χ0n) is 11.6. The highest BCUT2D eigenvalue weighted by Gasteiger charge is 2.29. The summed E-state index contributed by atoms with van der Waals surface area (Å²) in [7, 11) is 0. The molecule has 0 saturated heterocycles. The topological polar surface area (TPSA) is 20.3 Å². The van der Waals surface area contributed by atoms with Crippen molar-refractivity contribution in [3.8, 4) is 0 Å². The van der Waals surface area contributed by atoms with Crippen LogP contribution in [0.4, 0.5) is 5.69 Å². The number of anilines is 1. The average molecular weight is 365 g/mol. The molecule has 108 valence electrons. The van der Waals surface area contributed by atoms with Crippen LogP contribution in [-0.2, 0) is 6.42 Å². The van der Waals surface area contributed by atoms with Gasteiger partial charge in [0.2, 0.25) is 0 Å². The van der Waals surface area contributed by atoms with Crippen LogP contribution in [0.5, 0.6) is 0 Å². The number of nitrogens with zero attached hydrogens (tertiary/aromatic N) is 1. The number of benzene rings is 2. The second-order valence-corrected chi connectivity index (χ2v) is 6.61. The number of halogens is 2. The van der Waals surface area contributed by atoms with E-state index in [1.165, 1.54) is 5.56 Å². The first-order valence-corrected chi connectivity index (χ1v) is 8.11. The molecule has 2 aromatic rings. The highest BCUT2D eigenvalue weighted by Crippen LogP contribution is 2.33. The Balaban J connectivity index is 2.07. The Morgan fingerprint density at radius 1 is 1.29 bits per heavy atom. The summed E-state index contributed by atoms with van der Waals surface area (Å²) in [6.45, 7) is 2.09. The van der Waals surface area contributed by atoms with E-state index in [2.05, 4.69) is 28.9 Å². The summed E-state index contributed by atoms with van der Waals surface area (Å²) >= 11 is 9.50. The average Bonchev–Trinajstić information content (AvgIpc) is 2.49. The molecule has 1 heterocycles. The third kappa shape index (κ3) is 2.72. The van der Waals surface area contributed by atoms with Gasteiger partial charge in [-0.15, -0.1) is 0 Å². The predicted octanol–water partition coefficient (Wildman–Crippen LogP) is 5.08. The first-order valence-electron chi connectivity index (χ1n) is 6.94. The Morgan fingerprint density at radius 3 is 2.86 bits per heavy atom. The van der Waals surface area contributed by atoms with Crippen LogP contribution in [0.3, 0.4) is 0 Å². The zero-order valence-corrected chi connectivity index (χ0v) is 14.0. The maximum atomic E-state index is 13.0. The third-order valence-corrected chi connectivity index (χ3v) is 4.83. The molecule has 0 spiro atoms. The van der Waals surface area contributed by atoms with E-state index < -0.39 is 0 Å². The van der Waals surface area contributed by atoms with Crippen molar-refractivity contribution in [2.45, 2.75) is 25.8 Å². The first kappa shape index (κ1) is 14.6. The molecule has 1 unspecified atom stereocenters. The number of hydrogen-bond acceptors (Lipinski definition) is 1. The van der Waals surface area contributed by atoms with Crippen molar-refractivity contribution in [2.75, 3.05) is 4.90 Å². The molecular formula is C17H15BrClNO. The minimum atomic E-state index is -0.0102. The van der Waals surface area contributed by atoms with E-state index in [-0.39, 0.29) is 11.9 Å². The summed E-state index contributed by atoms with van der Waals surface area (Å²) in [4.78, 5) is 14.9. The number of fused-ring (bicyclic) bond motifs is 1. The van der Waals surface area contributed by atoms with Crippen molar-refractivity contribution in [1.29, 1.82) is 0 Å². The fourth-order valence-electron chi connectivity index (χ4n) is 2.79. The van der Waals surface area contributed by atoms with Crippen LogP contribution in [0.15, 0.2) is 46.9 Å². The fraction of sp³-hybridized carbons (Fsp3) is 0.235. The number of hydrogen-bond donors (Lipinski definition) is 0. The first-order chi connectivity index (χ1) is 10.1. The normalized spacial score (nSPS) is 17.5. The van der Waals surface area contributed by atoms with Gasteiger partial charge in [0.1, 0.15) is 0 Å². The fourth-order valence-corrected chi connectivity index (χ4v) is 3.38. The lowest BCUT2D eigenvalue weighted by molar-refractivity contribution is 0.0974. The lowest BCUT2D eigenvalue weighted by Gasteiger charge is -2.35. The summed E-state index contributed by atoms with van der Waals surface area (Å²) in [6.07, 6.45) is 1.98. The van der Waals surface area contributed by atoms with Gasteiger partial charge in [0.05, 0.1) is 5.56 Å². The van der Waals surface area contributed by atoms with E-state index in [9.17, 15) is 4.79 Å². The molecule has 0 N–H and O–H groups in total. The molecule has 1 aliphatic heterocycles. The maximum Gasteiger partial charge on any atom is 0.259 e. The van der Waals surface area contributed by atoms with Crippen molar-refractivity contribution >= 4 is 39.1 Å². The molecular weight excluding hydrogens is 350 g/mol. The van der Waals surface area contributed by atoms with Crippen molar-refractivity contribution in [2.24, 2.45) is 0 Å². The molecule has 2 aromatic carbocycles. The van der Waals surface area contributed by atoms with Gasteiger partial charge in [0.15, 0.2) is 0 Å². The summed E-state index contributed by atoms with van der Waals surface area (Å²) in [6, 6.07) is 13.6. The van der Waals surface area contributed by atoms with E-state index >= 15 is 0 Å². The smallest absolute Gasteiger partial charge is 0.259 e. The van der Waals surface area contributed by atoms with E-state index in [0.29, 0.717) is 10.6 Å². The van der Waals surface area contributed by atoms with Gasteiger partial charge in [0, 0.05) is 21.2 Å². The van der Waals surface area contributed by atoms with Gasteiger partial charge in [-0.25, -0.2) is 0 Å². The molecule has 0 fully saturated rings. The number of aryl methyl sites for hydroxylation is 1. The summed E-state index contributed by atoms with van der Waals surface area (Å²) < 4.78 is 0.771. The molecule has 3 rings (SSSR count). The Bertz CT molecular complexity index is 701. The van der Waals surface area contributed by atoms with Crippen LogP contribution in [0.2, 0.25) is 5.02 Å². The number of carbonyl (C=O) groups excluding carboxylic acids is 1. The van der Waals surface area contributed by atoms with Gasteiger partial charge in [-0.3, -0.25) is 4.79 Å². The Labute approximate surface area is 137 Å². The third-order valence-electron chi connectivity index (χ3n) is 3.90. The summed E-state index contributed by atoms with van der Waals surface area (Å²) in [5.41, 5.74) is 2.83. The molecule has 0 aliphatic carbocycles. The van der Waals surface area contributed by atoms with Crippen LogP contribution in [0.1, 0.15) is 29.3 Å². The number of rotatable bonds is 1. The summed E-state index contributed by atoms with van der Waals surface area (Å²) in [5.74, 6) is -0.0102. The molecule has 1 aliphatic rings. The minimum Gasteiger partial charge on any atom is -0.305 e. The van der Waals surface area contributed by atoms with E-state index in [1.54, 1.807) is 12.1 Å². The van der Waals surface area contributed by atoms with Crippen LogP contribution < -0.4 is 4.90 Å². The van der Waals surface area contributed by atoms with Crippen LogP contribution >= 0.6 is 27.5 Å². The molecule has 4 heteroatoms. The maximum absolute atomic E-state index is 13.0. The molecule has 1 atom stereocenters. The van der Waals surface area contributed by atoms with Crippen LogP contribution in [-0.4, -0.2) is 11.9 Å². The molecule has 0 saturated carbocycles. The monoisotopic (exact) mass is 363 g/mol. The molecule has 0 aromatic heterocycles. The molecule has 0 radical (unpaired) electrons. The Hall–Kier alpha value is -1.32. The Morgan fingerprint density at radius 2 is 2.05 bits per heavy atom. The molecule has 2 nitrogen and oxygen atoms in total. The molecule has 0 bridgehead atoms. The van der Waals surface area contributed by atoms with Gasteiger partial charge in [-0.2, -0.15) is 0 Å². The highest BCUT2D eigenvalue weighted by atomic mass is 79.9. The van der Waals surface area contributed by atoms with Crippen molar-refractivity contribution < 1.29 is 4.79 Å². The second-order valence-electron chi connectivity index (χ2n) is 5.32. The van der Waals surface area contributed by atoms with Crippen molar-refractivity contribution in [1.82, 2.24) is 0 Å². The van der Waals surface area contributed by atoms with Gasteiger partial charge in [0.25, 0.3) is 5.91 Å². The van der Waals surface area contributed by atoms with Gasteiger partial charge in [-0.05, 0) is 65.5 Å². The lowest BCUT2D eigenvalue weighted by atomic mass is 9.96. The summed E-state index contributed by atoms with van der Waals surface area (Å²) in [5, 5.41) is 0.569. The Kier molecular flexibility index (Phi) is 4.05. The molecule has 21 heavy (non-hydrogen) atoms. The quantitative estimate of drug-likeness (QED) is 0.690. The highest BCUT2D eigenvalue weighted by molar-refractivity contribution is 9.10. The van der Waals surface area contributed by atoms with E-state index in [4.69, 9.17) is 11.6 Å². The zero-order chi connectivity index (χ0) is 15.0. The van der Waals surface area contributed by atoms with Crippen molar-refractivity contribution in [3.63, 3.8) is 0 Å². The second kappa shape index (κ2) is 5.82. The minimum absolute atomic E-state index is 0.0102. The van der Waals surface area contributed by atoms with Crippen LogP contribution in [0, 0.1) is 0 Å². The standard InChI is InChI=1S/C17H15BrClNO/c1-11-6-7-12-4-2-3-5-16(12)20(11)17(21)14-10-13(19)8-9-15(14)18/h2-5,8-11H,6-7H2,1H3. The SMILES string of the molecule is CC1CCc2ccccc2N1C(=O)c1cc(Cl)ccc1Br. The largest absolute Gasteiger partial charge is 0.305 e. The lowest BCUT2D eigenvalue weighted by Crippen LogP contribution is -2.42. The van der Waals surface area contributed by atoms with Crippen LogP contribution in [0.25, 0.3) is 0 Å². The van der Waals surface area contributed by atoms with Gasteiger partial charge >= 0.3 is 0 Å². The van der Waals surface area contributed by atoms with Gasteiger partial charge in [-0.1, -0.05) is 29.8 Å². The van der Waals surface area contributed by atoms with E-state index in [1.807, 2.05) is 29.2 Å². The number of carbonyl (C=O) groups is 1. The van der Waals surface area contributed by atoms with Gasteiger partial charge < -0.3 is 4.90 Å². The number of amides is 1.